The maximum absolute atomic E-state index is 2.30. The second-order valence-corrected chi connectivity index (χ2v) is 6.80. The summed E-state index contributed by atoms with van der Waals surface area (Å²) in [4.78, 5) is 4.28. The van der Waals surface area contributed by atoms with E-state index < -0.39 is 0 Å². The molecule has 0 unspecified atom stereocenters. The Morgan fingerprint density at radius 3 is 1.33 bits per heavy atom. The molecule has 3 rings (SSSR count). The van der Waals surface area contributed by atoms with Crippen molar-refractivity contribution < 1.29 is 0 Å². The second kappa shape index (κ2) is 6.96. The number of rotatable bonds is 5. The van der Waals surface area contributed by atoms with Gasteiger partial charge < -0.3 is 9.80 Å². The van der Waals surface area contributed by atoms with Gasteiger partial charge in [-0.2, -0.15) is 0 Å². The Balaban J connectivity index is 1.97. The molecule has 0 aliphatic heterocycles. The van der Waals surface area contributed by atoms with Crippen LogP contribution in [0.1, 0.15) is 17.0 Å². The van der Waals surface area contributed by atoms with Crippen molar-refractivity contribution in [3.8, 4) is 0 Å². The smallest absolute Gasteiger partial charge is 0.0361 e. The van der Waals surface area contributed by atoms with Crippen molar-refractivity contribution in [3.05, 3.63) is 84.0 Å². The Morgan fingerprint density at radius 1 is 0.625 bits per heavy atom. The first kappa shape index (κ1) is 16.4. The first-order valence-corrected chi connectivity index (χ1v) is 8.46. The summed E-state index contributed by atoms with van der Waals surface area (Å²) in [6.07, 6.45) is 8.90. The molecule has 0 saturated carbocycles. The normalized spacial score (nSPS) is 13.7. The lowest BCUT2D eigenvalue weighted by Gasteiger charge is -2.24. The Hall–Kier alpha value is -2.48. The molecule has 0 radical (unpaired) electrons. The monoisotopic (exact) mass is 318 g/mol. The van der Waals surface area contributed by atoms with Crippen LogP contribution in [0.15, 0.2) is 72.8 Å². The van der Waals surface area contributed by atoms with E-state index in [0.29, 0.717) is 11.8 Å². The van der Waals surface area contributed by atoms with Gasteiger partial charge in [-0.3, -0.25) is 0 Å². The van der Waals surface area contributed by atoms with E-state index in [0.717, 1.165) is 0 Å². The predicted molar refractivity (Wildman–Crippen MR) is 105 cm³/mol. The van der Waals surface area contributed by atoms with Crippen LogP contribution in [0.3, 0.4) is 0 Å². The molecule has 0 fully saturated rings. The molecule has 2 heteroatoms. The molecule has 2 nitrogen and oxygen atoms in total. The van der Waals surface area contributed by atoms with Gasteiger partial charge in [0.15, 0.2) is 0 Å². The standard InChI is InChI=1S/C22H26N2/c1-23(2)20-13-9-18(10-14-20)22(17-7-5-6-8-17)19-11-15-21(16-12-19)24(3)4/h5-17,22H,1-4H3. The molecular formula is C22H26N2. The van der Waals surface area contributed by atoms with Crippen LogP contribution in [0.2, 0.25) is 0 Å². The van der Waals surface area contributed by atoms with E-state index in [1.807, 2.05) is 0 Å². The molecule has 1 aliphatic rings. The fourth-order valence-corrected chi connectivity index (χ4v) is 3.27. The van der Waals surface area contributed by atoms with Crippen molar-refractivity contribution >= 4 is 11.4 Å². The maximum Gasteiger partial charge on any atom is 0.0361 e. The molecule has 0 amide bonds. The van der Waals surface area contributed by atoms with E-state index >= 15 is 0 Å². The number of hydrogen-bond acceptors (Lipinski definition) is 2. The van der Waals surface area contributed by atoms with Gasteiger partial charge in [0.25, 0.3) is 0 Å². The lowest BCUT2D eigenvalue weighted by Crippen LogP contribution is -2.12. The highest BCUT2D eigenvalue weighted by Crippen LogP contribution is 2.36. The van der Waals surface area contributed by atoms with E-state index in [-0.39, 0.29) is 0 Å². The molecule has 124 valence electrons. The highest BCUT2D eigenvalue weighted by atomic mass is 15.1. The lowest BCUT2D eigenvalue weighted by atomic mass is 9.81. The van der Waals surface area contributed by atoms with Crippen molar-refractivity contribution in [1.29, 1.82) is 0 Å². The average molecular weight is 318 g/mol. The Morgan fingerprint density at radius 2 is 1.00 bits per heavy atom. The minimum absolute atomic E-state index is 0.354. The number of nitrogens with zero attached hydrogens (tertiary/aromatic N) is 2. The van der Waals surface area contributed by atoms with E-state index in [2.05, 4.69) is 111 Å². The zero-order valence-electron chi connectivity index (χ0n) is 15.0. The predicted octanol–water partition coefficient (Wildman–Crippen LogP) is 4.69. The van der Waals surface area contributed by atoms with E-state index in [1.54, 1.807) is 0 Å². The third-order valence-electron chi connectivity index (χ3n) is 4.70. The van der Waals surface area contributed by atoms with Crippen LogP contribution in [0, 0.1) is 5.92 Å². The topological polar surface area (TPSA) is 6.48 Å². The van der Waals surface area contributed by atoms with E-state index in [4.69, 9.17) is 0 Å². The van der Waals surface area contributed by atoms with Crippen LogP contribution in [0.25, 0.3) is 0 Å². The number of anilines is 2. The second-order valence-electron chi connectivity index (χ2n) is 6.80. The molecule has 2 aromatic rings. The Labute approximate surface area is 145 Å². The van der Waals surface area contributed by atoms with Gasteiger partial charge in [-0.1, -0.05) is 48.6 Å². The van der Waals surface area contributed by atoms with E-state index in [9.17, 15) is 0 Å². The SMILES string of the molecule is CN(C)c1ccc(C(c2ccc(N(C)C)cc2)C2C=CC=C2)cc1. The van der Waals surface area contributed by atoms with Crippen LogP contribution < -0.4 is 9.80 Å². The first-order chi connectivity index (χ1) is 11.6. The molecule has 1 aliphatic carbocycles. The summed E-state index contributed by atoms with van der Waals surface area (Å²) in [5.41, 5.74) is 5.19. The third-order valence-corrected chi connectivity index (χ3v) is 4.70. The minimum Gasteiger partial charge on any atom is -0.378 e. The fraction of sp³-hybridized carbons (Fsp3) is 0.273. The third kappa shape index (κ3) is 3.38. The van der Waals surface area contributed by atoms with Gasteiger partial charge in [0.2, 0.25) is 0 Å². The molecule has 0 heterocycles. The number of hydrogen-bond donors (Lipinski definition) is 0. The van der Waals surface area contributed by atoms with Crippen molar-refractivity contribution in [2.75, 3.05) is 38.0 Å². The van der Waals surface area contributed by atoms with Gasteiger partial charge >= 0.3 is 0 Å². The summed E-state index contributed by atoms with van der Waals surface area (Å²) in [5.74, 6) is 0.771. The van der Waals surface area contributed by atoms with Crippen LogP contribution in [0.4, 0.5) is 11.4 Å². The molecule has 0 bridgehead atoms. The largest absolute Gasteiger partial charge is 0.378 e. The van der Waals surface area contributed by atoms with Gasteiger partial charge in [0.05, 0.1) is 0 Å². The number of allylic oxidation sites excluding steroid dienone is 4. The molecule has 0 spiro atoms. The van der Waals surface area contributed by atoms with Gasteiger partial charge in [-0.05, 0) is 35.4 Å². The highest BCUT2D eigenvalue weighted by molar-refractivity contribution is 5.51. The average Bonchev–Trinajstić information content (AvgIpc) is 3.10. The van der Waals surface area contributed by atoms with Gasteiger partial charge in [0, 0.05) is 51.4 Å². The lowest BCUT2D eigenvalue weighted by molar-refractivity contribution is 0.692. The van der Waals surface area contributed by atoms with E-state index in [1.165, 1.54) is 22.5 Å². The highest BCUT2D eigenvalue weighted by Gasteiger charge is 2.22. The summed E-state index contributed by atoms with van der Waals surface area (Å²) in [5, 5.41) is 0. The van der Waals surface area contributed by atoms with Gasteiger partial charge in [-0.15, -0.1) is 0 Å². The summed E-state index contributed by atoms with van der Waals surface area (Å²) >= 11 is 0. The molecule has 0 N–H and O–H groups in total. The fourth-order valence-electron chi connectivity index (χ4n) is 3.27. The Bertz CT molecular complexity index is 658. The van der Waals surface area contributed by atoms with Crippen LogP contribution in [-0.2, 0) is 0 Å². The summed E-state index contributed by atoms with van der Waals surface area (Å²) in [6.45, 7) is 0. The van der Waals surface area contributed by atoms with Crippen LogP contribution in [0.5, 0.6) is 0 Å². The molecule has 0 aromatic heterocycles. The zero-order valence-corrected chi connectivity index (χ0v) is 15.0. The number of benzene rings is 2. The molecule has 0 saturated heterocycles. The minimum atomic E-state index is 0.354. The zero-order chi connectivity index (χ0) is 17.1. The van der Waals surface area contributed by atoms with Crippen molar-refractivity contribution in [2.24, 2.45) is 5.92 Å². The molecule has 0 atom stereocenters. The molecular weight excluding hydrogens is 292 g/mol. The summed E-state index contributed by atoms with van der Waals surface area (Å²) in [7, 11) is 8.31. The van der Waals surface area contributed by atoms with Crippen LogP contribution in [-0.4, -0.2) is 28.2 Å². The maximum atomic E-state index is 2.30. The first-order valence-electron chi connectivity index (χ1n) is 8.46. The van der Waals surface area contributed by atoms with Gasteiger partial charge in [-0.25, -0.2) is 0 Å². The summed E-state index contributed by atoms with van der Waals surface area (Å²) < 4.78 is 0. The summed E-state index contributed by atoms with van der Waals surface area (Å²) in [6, 6.07) is 17.9. The van der Waals surface area contributed by atoms with Crippen LogP contribution >= 0.6 is 0 Å². The Kier molecular flexibility index (Phi) is 4.75. The van der Waals surface area contributed by atoms with Crippen molar-refractivity contribution in [3.63, 3.8) is 0 Å². The quantitative estimate of drug-likeness (QED) is 0.789. The van der Waals surface area contributed by atoms with Crippen molar-refractivity contribution in [1.82, 2.24) is 0 Å². The van der Waals surface area contributed by atoms with Crippen molar-refractivity contribution in [2.45, 2.75) is 5.92 Å². The van der Waals surface area contributed by atoms with Gasteiger partial charge in [0.1, 0.15) is 0 Å². The molecule has 2 aromatic carbocycles. The molecule has 24 heavy (non-hydrogen) atoms.